The number of hydrogen-bond acceptors (Lipinski definition) is 3. The molecule has 0 amide bonds. The van der Waals surface area contributed by atoms with E-state index in [0.29, 0.717) is 18.7 Å². The second kappa shape index (κ2) is 4.40. The Morgan fingerprint density at radius 1 is 1.46 bits per heavy atom. The third-order valence-electron chi connectivity index (χ3n) is 2.54. The van der Waals surface area contributed by atoms with Gasteiger partial charge in [0.2, 0.25) is 0 Å². The lowest BCUT2D eigenvalue weighted by atomic mass is 10.1. The van der Waals surface area contributed by atoms with Crippen LogP contribution in [0.15, 0.2) is 0 Å². The first kappa shape index (κ1) is 11.0. The SMILES string of the molecule is COC1CCC(NCC(C)(C)O)C1. The minimum atomic E-state index is -0.606. The summed E-state index contributed by atoms with van der Waals surface area (Å²) >= 11 is 0. The van der Waals surface area contributed by atoms with Gasteiger partial charge in [-0.1, -0.05) is 0 Å². The highest BCUT2D eigenvalue weighted by Crippen LogP contribution is 2.21. The molecule has 0 heterocycles. The molecule has 2 unspecified atom stereocenters. The van der Waals surface area contributed by atoms with Crippen LogP contribution in [0.2, 0.25) is 0 Å². The van der Waals surface area contributed by atoms with Crippen molar-refractivity contribution in [3.63, 3.8) is 0 Å². The summed E-state index contributed by atoms with van der Waals surface area (Å²) in [6.45, 7) is 4.31. The second-order valence-electron chi connectivity index (χ2n) is 4.56. The standard InChI is InChI=1S/C10H21NO2/c1-10(2,12)7-11-8-4-5-9(6-8)13-3/h8-9,11-12H,4-7H2,1-3H3. The Labute approximate surface area is 80.5 Å². The minimum absolute atomic E-state index is 0.416. The first-order valence-corrected chi connectivity index (χ1v) is 5.00. The van der Waals surface area contributed by atoms with Crippen molar-refractivity contribution in [2.75, 3.05) is 13.7 Å². The van der Waals surface area contributed by atoms with Crippen molar-refractivity contribution >= 4 is 0 Å². The Bertz CT molecular complexity index is 153. The van der Waals surface area contributed by atoms with Gasteiger partial charge in [0.05, 0.1) is 11.7 Å². The molecule has 2 N–H and O–H groups in total. The maximum absolute atomic E-state index is 9.51. The molecule has 1 aliphatic rings. The lowest BCUT2D eigenvalue weighted by Crippen LogP contribution is -2.39. The molecule has 0 aliphatic heterocycles. The predicted octanol–water partition coefficient (Wildman–Crippen LogP) is 0.914. The summed E-state index contributed by atoms with van der Waals surface area (Å²) in [4.78, 5) is 0. The minimum Gasteiger partial charge on any atom is -0.389 e. The fourth-order valence-electron chi connectivity index (χ4n) is 1.73. The van der Waals surface area contributed by atoms with Crippen LogP contribution >= 0.6 is 0 Å². The molecule has 3 heteroatoms. The van der Waals surface area contributed by atoms with Crippen LogP contribution in [0.5, 0.6) is 0 Å². The van der Waals surface area contributed by atoms with E-state index >= 15 is 0 Å². The van der Waals surface area contributed by atoms with Gasteiger partial charge in [-0.15, -0.1) is 0 Å². The van der Waals surface area contributed by atoms with Crippen molar-refractivity contribution in [1.82, 2.24) is 5.32 Å². The smallest absolute Gasteiger partial charge is 0.0715 e. The van der Waals surface area contributed by atoms with Gasteiger partial charge in [0.15, 0.2) is 0 Å². The van der Waals surface area contributed by atoms with E-state index in [-0.39, 0.29) is 0 Å². The number of rotatable bonds is 4. The highest BCUT2D eigenvalue weighted by Gasteiger charge is 2.25. The van der Waals surface area contributed by atoms with Gasteiger partial charge in [0, 0.05) is 19.7 Å². The summed E-state index contributed by atoms with van der Waals surface area (Å²) in [5, 5.41) is 12.9. The molecule has 1 fully saturated rings. The number of ether oxygens (including phenoxy) is 1. The van der Waals surface area contributed by atoms with Crippen LogP contribution in [-0.4, -0.2) is 36.5 Å². The molecule has 3 nitrogen and oxygen atoms in total. The first-order valence-electron chi connectivity index (χ1n) is 5.00. The van der Waals surface area contributed by atoms with Crippen LogP contribution in [0.4, 0.5) is 0 Å². The van der Waals surface area contributed by atoms with Crippen molar-refractivity contribution in [1.29, 1.82) is 0 Å². The van der Waals surface area contributed by atoms with Gasteiger partial charge in [-0.2, -0.15) is 0 Å². The first-order chi connectivity index (χ1) is 6.01. The average Bonchev–Trinajstić information content (AvgIpc) is 2.47. The van der Waals surface area contributed by atoms with Crippen molar-refractivity contribution in [2.45, 2.75) is 50.9 Å². The Kier molecular flexibility index (Phi) is 3.71. The zero-order chi connectivity index (χ0) is 9.90. The van der Waals surface area contributed by atoms with E-state index in [2.05, 4.69) is 5.32 Å². The van der Waals surface area contributed by atoms with Gasteiger partial charge in [-0.3, -0.25) is 0 Å². The Morgan fingerprint density at radius 2 is 2.15 bits per heavy atom. The van der Waals surface area contributed by atoms with E-state index in [1.807, 2.05) is 13.8 Å². The third-order valence-corrected chi connectivity index (χ3v) is 2.54. The zero-order valence-electron chi connectivity index (χ0n) is 8.84. The quantitative estimate of drug-likeness (QED) is 0.687. The number of hydrogen-bond donors (Lipinski definition) is 2. The molecule has 1 aliphatic carbocycles. The molecule has 0 aromatic carbocycles. The van der Waals surface area contributed by atoms with Crippen molar-refractivity contribution in [3.05, 3.63) is 0 Å². The summed E-state index contributed by atoms with van der Waals surface area (Å²) in [7, 11) is 1.77. The molecule has 2 atom stereocenters. The molecule has 1 rings (SSSR count). The zero-order valence-corrected chi connectivity index (χ0v) is 8.84. The normalized spacial score (nSPS) is 29.5. The summed E-state index contributed by atoms with van der Waals surface area (Å²) in [5.74, 6) is 0. The van der Waals surface area contributed by atoms with E-state index in [9.17, 15) is 5.11 Å². The number of aliphatic hydroxyl groups is 1. The average molecular weight is 187 g/mol. The molecule has 0 spiro atoms. The molecule has 0 radical (unpaired) electrons. The predicted molar refractivity (Wildman–Crippen MR) is 52.7 cm³/mol. The summed E-state index contributed by atoms with van der Waals surface area (Å²) in [6.07, 6.45) is 3.79. The van der Waals surface area contributed by atoms with Crippen molar-refractivity contribution in [3.8, 4) is 0 Å². The topological polar surface area (TPSA) is 41.5 Å². The fourth-order valence-corrected chi connectivity index (χ4v) is 1.73. The Morgan fingerprint density at radius 3 is 2.62 bits per heavy atom. The lowest BCUT2D eigenvalue weighted by molar-refractivity contribution is 0.0739. The van der Waals surface area contributed by atoms with Crippen molar-refractivity contribution < 1.29 is 9.84 Å². The monoisotopic (exact) mass is 187 g/mol. The van der Waals surface area contributed by atoms with E-state index < -0.39 is 5.60 Å². The largest absolute Gasteiger partial charge is 0.389 e. The van der Waals surface area contributed by atoms with Gasteiger partial charge in [0.25, 0.3) is 0 Å². The van der Waals surface area contributed by atoms with Crippen LogP contribution in [0.3, 0.4) is 0 Å². The van der Waals surface area contributed by atoms with Crippen LogP contribution in [0.25, 0.3) is 0 Å². The van der Waals surface area contributed by atoms with Crippen molar-refractivity contribution in [2.24, 2.45) is 0 Å². The number of nitrogens with one attached hydrogen (secondary N) is 1. The second-order valence-corrected chi connectivity index (χ2v) is 4.56. The molecular weight excluding hydrogens is 166 g/mol. The summed E-state index contributed by atoms with van der Waals surface area (Å²) in [6, 6.07) is 0.524. The number of methoxy groups -OCH3 is 1. The van der Waals surface area contributed by atoms with Crippen LogP contribution < -0.4 is 5.32 Å². The maximum Gasteiger partial charge on any atom is 0.0715 e. The molecule has 0 aromatic heterocycles. The van der Waals surface area contributed by atoms with Gasteiger partial charge in [0.1, 0.15) is 0 Å². The van der Waals surface area contributed by atoms with E-state index in [1.54, 1.807) is 7.11 Å². The van der Waals surface area contributed by atoms with Gasteiger partial charge in [-0.05, 0) is 33.1 Å². The lowest BCUT2D eigenvalue weighted by Gasteiger charge is -2.21. The van der Waals surface area contributed by atoms with Crippen LogP contribution in [0, 0.1) is 0 Å². The highest BCUT2D eigenvalue weighted by atomic mass is 16.5. The van der Waals surface area contributed by atoms with E-state index in [0.717, 1.165) is 19.3 Å². The van der Waals surface area contributed by atoms with Gasteiger partial charge < -0.3 is 15.2 Å². The molecule has 0 bridgehead atoms. The van der Waals surface area contributed by atoms with Gasteiger partial charge >= 0.3 is 0 Å². The fraction of sp³-hybridized carbons (Fsp3) is 1.00. The molecule has 13 heavy (non-hydrogen) atoms. The third kappa shape index (κ3) is 4.07. The van der Waals surface area contributed by atoms with E-state index in [4.69, 9.17) is 4.74 Å². The molecule has 0 aromatic rings. The molecular formula is C10H21NO2. The van der Waals surface area contributed by atoms with Gasteiger partial charge in [-0.25, -0.2) is 0 Å². The van der Waals surface area contributed by atoms with Crippen LogP contribution in [0.1, 0.15) is 33.1 Å². The molecule has 78 valence electrons. The molecule has 1 saturated carbocycles. The van der Waals surface area contributed by atoms with E-state index in [1.165, 1.54) is 0 Å². The molecule has 0 saturated heterocycles. The summed E-state index contributed by atoms with van der Waals surface area (Å²) in [5.41, 5.74) is -0.606. The Balaban J connectivity index is 2.17. The summed E-state index contributed by atoms with van der Waals surface area (Å²) < 4.78 is 5.27. The van der Waals surface area contributed by atoms with Crippen LogP contribution in [-0.2, 0) is 4.74 Å². The highest BCUT2D eigenvalue weighted by molar-refractivity contribution is 4.83. The Hall–Kier alpha value is -0.120. The maximum atomic E-state index is 9.51.